The van der Waals surface area contributed by atoms with Gasteiger partial charge in [0.05, 0.1) is 10.8 Å². The van der Waals surface area contributed by atoms with E-state index in [0.717, 1.165) is 5.56 Å². The first-order valence-electron chi connectivity index (χ1n) is 8.50. The van der Waals surface area contributed by atoms with E-state index in [-0.39, 0.29) is 23.3 Å². The third-order valence-corrected chi connectivity index (χ3v) is 6.70. The molecule has 1 amide bonds. The molecule has 5 nitrogen and oxygen atoms in total. The van der Waals surface area contributed by atoms with Crippen LogP contribution in [0.25, 0.3) is 0 Å². The molecule has 1 heterocycles. The maximum absolute atomic E-state index is 12.8. The van der Waals surface area contributed by atoms with E-state index >= 15 is 0 Å². The fourth-order valence-corrected chi connectivity index (χ4v) is 4.89. The topological polar surface area (TPSA) is 66.5 Å². The second kappa shape index (κ2) is 7.78. The molecule has 0 spiro atoms. The van der Waals surface area contributed by atoms with Crippen molar-refractivity contribution in [1.29, 1.82) is 0 Å². The summed E-state index contributed by atoms with van der Waals surface area (Å²) >= 11 is 5.94. The lowest BCUT2D eigenvalue weighted by molar-refractivity contribution is -0.120. The Hall–Kier alpha value is -1.89. The number of amides is 1. The highest BCUT2D eigenvalue weighted by Gasteiger charge is 2.33. The summed E-state index contributed by atoms with van der Waals surface area (Å²) in [5.41, 5.74) is 1.57. The Balaban J connectivity index is 1.73. The monoisotopic (exact) mass is 392 g/mol. The van der Waals surface area contributed by atoms with Crippen molar-refractivity contribution in [2.24, 2.45) is 5.92 Å². The number of rotatable bonds is 4. The number of anilines is 1. The van der Waals surface area contributed by atoms with Gasteiger partial charge in [-0.25, -0.2) is 8.42 Å². The summed E-state index contributed by atoms with van der Waals surface area (Å²) in [4.78, 5) is 12.9. The third-order valence-electron chi connectivity index (χ3n) is 4.58. The molecule has 1 saturated heterocycles. The molecule has 0 aliphatic carbocycles. The van der Waals surface area contributed by atoms with Crippen molar-refractivity contribution in [3.05, 3.63) is 59.1 Å². The van der Waals surface area contributed by atoms with Crippen LogP contribution >= 0.6 is 11.6 Å². The maximum Gasteiger partial charge on any atom is 0.243 e. The molecule has 0 aromatic heterocycles. The molecule has 1 aliphatic heterocycles. The van der Waals surface area contributed by atoms with Gasteiger partial charge in [-0.3, -0.25) is 4.79 Å². The average molecular weight is 393 g/mol. The normalized spacial score (nSPS) is 18.5. The van der Waals surface area contributed by atoms with Crippen molar-refractivity contribution in [3.8, 4) is 0 Å². The van der Waals surface area contributed by atoms with E-state index in [0.29, 0.717) is 30.1 Å². The zero-order valence-electron chi connectivity index (χ0n) is 14.5. The Bertz CT molecular complexity index is 900. The van der Waals surface area contributed by atoms with Gasteiger partial charge in [-0.1, -0.05) is 29.8 Å². The molecule has 2 aromatic carbocycles. The maximum atomic E-state index is 12.8. The zero-order chi connectivity index (χ0) is 18.7. The summed E-state index contributed by atoms with van der Waals surface area (Å²) < 4.78 is 27.0. The molecule has 138 valence electrons. The first-order chi connectivity index (χ1) is 12.4. The van der Waals surface area contributed by atoms with Crippen molar-refractivity contribution < 1.29 is 13.2 Å². The number of halogens is 1. The highest BCUT2D eigenvalue weighted by Crippen LogP contribution is 2.26. The summed E-state index contributed by atoms with van der Waals surface area (Å²) in [6.45, 7) is 2.49. The number of sulfonamides is 1. The molecule has 1 fully saturated rings. The van der Waals surface area contributed by atoms with Crippen LogP contribution in [-0.2, 0) is 14.8 Å². The van der Waals surface area contributed by atoms with Gasteiger partial charge in [0, 0.05) is 23.8 Å². The van der Waals surface area contributed by atoms with Crippen LogP contribution in [0.5, 0.6) is 0 Å². The summed E-state index contributed by atoms with van der Waals surface area (Å²) in [5, 5.41) is 3.51. The molecule has 1 N–H and O–H groups in total. The van der Waals surface area contributed by atoms with Crippen LogP contribution in [0.4, 0.5) is 5.69 Å². The number of aryl methyl sites for hydroxylation is 1. The van der Waals surface area contributed by atoms with Crippen LogP contribution in [0.2, 0.25) is 5.02 Å². The van der Waals surface area contributed by atoms with E-state index in [1.165, 1.54) is 4.31 Å². The Morgan fingerprint density at radius 3 is 2.62 bits per heavy atom. The van der Waals surface area contributed by atoms with E-state index in [1.54, 1.807) is 48.5 Å². The standard InChI is InChI=1S/C19H21ClN2O3S/c1-14-12-16(20)9-10-18(14)21-19(23)15-6-5-11-22(13-15)26(24,25)17-7-3-2-4-8-17/h2-4,7-10,12,15H,5-6,11,13H2,1H3,(H,21,23). The third kappa shape index (κ3) is 4.09. The minimum atomic E-state index is -3.58. The van der Waals surface area contributed by atoms with Crippen LogP contribution in [0.3, 0.4) is 0 Å². The van der Waals surface area contributed by atoms with Gasteiger partial charge in [-0.15, -0.1) is 0 Å². The summed E-state index contributed by atoms with van der Waals surface area (Å²) in [5.74, 6) is -0.541. The molecule has 0 radical (unpaired) electrons. The molecular weight excluding hydrogens is 372 g/mol. The number of benzene rings is 2. The summed E-state index contributed by atoms with van der Waals surface area (Å²) in [6, 6.07) is 13.6. The summed E-state index contributed by atoms with van der Waals surface area (Å²) in [6.07, 6.45) is 1.32. The quantitative estimate of drug-likeness (QED) is 0.862. The van der Waals surface area contributed by atoms with Crippen LogP contribution in [0.15, 0.2) is 53.4 Å². The lowest BCUT2D eigenvalue weighted by Gasteiger charge is -2.31. The van der Waals surface area contributed by atoms with Gasteiger partial charge in [0.2, 0.25) is 15.9 Å². The van der Waals surface area contributed by atoms with Gasteiger partial charge in [0.15, 0.2) is 0 Å². The minimum Gasteiger partial charge on any atom is -0.326 e. The van der Waals surface area contributed by atoms with Gasteiger partial charge in [-0.05, 0) is 55.7 Å². The van der Waals surface area contributed by atoms with Crippen LogP contribution in [0.1, 0.15) is 18.4 Å². The molecule has 1 atom stereocenters. The number of nitrogens with zero attached hydrogens (tertiary/aromatic N) is 1. The Morgan fingerprint density at radius 1 is 1.19 bits per heavy atom. The Morgan fingerprint density at radius 2 is 1.92 bits per heavy atom. The van der Waals surface area contributed by atoms with Crippen molar-refractivity contribution >= 4 is 33.2 Å². The van der Waals surface area contributed by atoms with Gasteiger partial charge < -0.3 is 5.32 Å². The molecule has 26 heavy (non-hydrogen) atoms. The first kappa shape index (κ1) is 18.9. The predicted molar refractivity (Wildman–Crippen MR) is 103 cm³/mol. The van der Waals surface area contributed by atoms with Gasteiger partial charge >= 0.3 is 0 Å². The molecule has 2 aromatic rings. The number of carbonyl (C=O) groups excluding carboxylic acids is 1. The van der Waals surface area contributed by atoms with Crippen molar-refractivity contribution in [2.45, 2.75) is 24.7 Å². The predicted octanol–water partition coefficient (Wildman–Crippen LogP) is 3.69. The SMILES string of the molecule is Cc1cc(Cl)ccc1NC(=O)C1CCCN(S(=O)(=O)c2ccccc2)C1. The fraction of sp³-hybridized carbons (Fsp3) is 0.316. The lowest BCUT2D eigenvalue weighted by Crippen LogP contribution is -2.43. The number of piperidine rings is 1. The minimum absolute atomic E-state index is 0.164. The largest absolute Gasteiger partial charge is 0.326 e. The van der Waals surface area contributed by atoms with Gasteiger partial charge in [-0.2, -0.15) is 4.31 Å². The number of hydrogen-bond acceptors (Lipinski definition) is 3. The Labute approximate surface area is 159 Å². The lowest BCUT2D eigenvalue weighted by atomic mass is 9.98. The van der Waals surface area contributed by atoms with E-state index in [9.17, 15) is 13.2 Å². The van der Waals surface area contributed by atoms with Crippen molar-refractivity contribution in [2.75, 3.05) is 18.4 Å². The van der Waals surface area contributed by atoms with Crippen LogP contribution in [-0.4, -0.2) is 31.7 Å². The number of carbonyl (C=O) groups is 1. The van der Waals surface area contributed by atoms with E-state index in [2.05, 4.69) is 5.32 Å². The molecule has 1 unspecified atom stereocenters. The highest BCUT2D eigenvalue weighted by molar-refractivity contribution is 7.89. The molecule has 1 aliphatic rings. The van der Waals surface area contributed by atoms with E-state index < -0.39 is 10.0 Å². The van der Waals surface area contributed by atoms with Crippen molar-refractivity contribution in [1.82, 2.24) is 4.31 Å². The number of hydrogen-bond donors (Lipinski definition) is 1. The van der Waals surface area contributed by atoms with Gasteiger partial charge in [0.25, 0.3) is 0 Å². The Kier molecular flexibility index (Phi) is 5.65. The first-order valence-corrected chi connectivity index (χ1v) is 10.3. The molecule has 0 bridgehead atoms. The summed E-state index contributed by atoms with van der Waals surface area (Å²) in [7, 11) is -3.58. The van der Waals surface area contributed by atoms with E-state index in [1.807, 2.05) is 6.92 Å². The fourth-order valence-electron chi connectivity index (χ4n) is 3.12. The van der Waals surface area contributed by atoms with E-state index in [4.69, 9.17) is 11.6 Å². The molecular formula is C19H21ClN2O3S. The van der Waals surface area contributed by atoms with Gasteiger partial charge in [0.1, 0.15) is 0 Å². The number of nitrogens with one attached hydrogen (secondary N) is 1. The second-order valence-corrected chi connectivity index (χ2v) is 8.84. The van der Waals surface area contributed by atoms with Crippen molar-refractivity contribution in [3.63, 3.8) is 0 Å². The highest BCUT2D eigenvalue weighted by atomic mass is 35.5. The molecule has 7 heteroatoms. The average Bonchev–Trinajstić information content (AvgIpc) is 2.65. The second-order valence-electron chi connectivity index (χ2n) is 6.46. The van der Waals surface area contributed by atoms with Crippen LogP contribution in [0, 0.1) is 12.8 Å². The zero-order valence-corrected chi connectivity index (χ0v) is 16.1. The molecule has 0 saturated carbocycles. The smallest absolute Gasteiger partial charge is 0.243 e. The van der Waals surface area contributed by atoms with Crippen LogP contribution < -0.4 is 5.32 Å². The molecule has 3 rings (SSSR count).